The summed E-state index contributed by atoms with van der Waals surface area (Å²) in [4.78, 5) is 7.05. The Balaban J connectivity index is 1.81. The molecule has 2 aromatic rings. The molecule has 21 heavy (non-hydrogen) atoms. The third-order valence-corrected chi connectivity index (χ3v) is 4.87. The highest BCUT2D eigenvalue weighted by molar-refractivity contribution is 5.81. The Bertz CT molecular complexity index is 591. The summed E-state index contributed by atoms with van der Waals surface area (Å²) in [5.74, 6) is 0.645. The Labute approximate surface area is 127 Å². The summed E-state index contributed by atoms with van der Waals surface area (Å²) in [6, 6.07) is 11.2. The Morgan fingerprint density at radius 3 is 2.86 bits per heavy atom. The van der Waals surface area contributed by atoms with E-state index in [1.165, 1.54) is 36.6 Å². The number of hydrogen-bond donors (Lipinski definition) is 1. The summed E-state index contributed by atoms with van der Waals surface area (Å²) >= 11 is 0. The molecular formula is C18H25N3. The Morgan fingerprint density at radius 1 is 1.19 bits per heavy atom. The normalized spacial score (nSPS) is 22.8. The number of rotatable bonds is 4. The summed E-state index contributed by atoms with van der Waals surface area (Å²) in [6.07, 6.45) is 7.10. The molecule has 0 radical (unpaired) electrons. The van der Waals surface area contributed by atoms with Crippen molar-refractivity contribution in [3.63, 3.8) is 0 Å². The molecule has 0 bridgehead atoms. The maximum absolute atomic E-state index is 5.98. The molecule has 1 aromatic carbocycles. The minimum atomic E-state index is 0.614. The zero-order valence-corrected chi connectivity index (χ0v) is 12.8. The molecule has 2 atom stereocenters. The molecule has 1 saturated carbocycles. The molecule has 3 heteroatoms. The van der Waals surface area contributed by atoms with Crippen molar-refractivity contribution in [2.45, 2.75) is 38.3 Å². The Kier molecular flexibility index (Phi) is 4.51. The smallest absolute Gasteiger partial charge is 0.0746 e. The fourth-order valence-corrected chi connectivity index (χ4v) is 3.72. The van der Waals surface area contributed by atoms with Gasteiger partial charge >= 0.3 is 0 Å². The van der Waals surface area contributed by atoms with Gasteiger partial charge in [-0.1, -0.05) is 37.1 Å². The number of para-hydroxylation sites is 1. The minimum Gasteiger partial charge on any atom is -0.330 e. The van der Waals surface area contributed by atoms with Crippen LogP contribution in [0.25, 0.3) is 10.9 Å². The van der Waals surface area contributed by atoms with Gasteiger partial charge in [-0.05, 0) is 44.0 Å². The van der Waals surface area contributed by atoms with E-state index in [-0.39, 0.29) is 0 Å². The van der Waals surface area contributed by atoms with E-state index >= 15 is 0 Å². The van der Waals surface area contributed by atoms with Crippen molar-refractivity contribution < 1.29 is 0 Å². The van der Waals surface area contributed by atoms with Gasteiger partial charge in [0.05, 0.1) is 5.52 Å². The molecule has 1 aliphatic carbocycles. The quantitative estimate of drug-likeness (QED) is 0.937. The number of hydrogen-bond acceptors (Lipinski definition) is 3. The van der Waals surface area contributed by atoms with Gasteiger partial charge in [0.25, 0.3) is 0 Å². The van der Waals surface area contributed by atoms with E-state index in [4.69, 9.17) is 5.73 Å². The highest BCUT2D eigenvalue weighted by Gasteiger charge is 2.27. The monoisotopic (exact) mass is 283 g/mol. The molecule has 3 nitrogen and oxygen atoms in total. The van der Waals surface area contributed by atoms with Crippen molar-refractivity contribution >= 4 is 10.9 Å². The van der Waals surface area contributed by atoms with Gasteiger partial charge in [0.15, 0.2) is 0 Å². The van der Waals surface area contributed by atoms with E-state index in [1.54, 1.807) is 0 Å². The average Bonchev–Trinajstić information content (AvgIpc) is 2.55. The van der Waals surface area contributed by atoms with Crippen LogP contribution in [0.2, 0.25) is 0 Å². The predicted molar refractivity (Wildman–Crippen MR) is 88.0 cm³/mol. The topological polar surface area (TPSA) is 42.2 Å². The number of pyridine rings is 1. The second kappa shape index (κ2) is 6.54. The standard InChI is InChI=1S/C18H25N3/c1-21(17-10-3-2-6-15(17)12-19)13-16-8-4-7-14-9-5-11-20-18(14)16/h4-5,7-9,11,15,17H,2-3,6,10,12-13,19H2,1H3. The molecule has 3 rings (SSSR count). The summed E-state index contributed by atoms with van der Waals surface area (Å²) in [6.45, 7) is 1.76. The zero-order valence-electron chi connectivity index (χ0n) is 12.8. The van der Waals surface area contributed by atoms with Gasteiger partial charge in [-0.2, -0.15) is 0 Å². The van der Waals surface area contributed by atoms with Crippen LogP contribution in [0.3, 0.4) is 0 Å². The first-order valence-corrected chi connectivity index (χ1v) is 8.02. The molecule has 1 fully saturated rings. The van der Waals surface area contributed by atoms with Gasteiger partial charge in [-0.15, -0.1) is 0 Å². The third-order valence-electron chi connectivity index (χ3n) is 4.87. The van der Waals surface area contributed by atoms with Gasteiger partial charge in [-0.3, -0.25) is 9.88 Å². The lowest BCUT2D eigenvalue weighted by Crippen LogP contribution is -2.42. The number of nitrogens with two attached hydrogens (primary N) is 1. The average molecular weight is 283 g/mol. The van der Waals surface area contributed by atoms with Crippen LogP contribution in [0, 0.1) is 5.92 Å². The van der Waals surface area contributed by atoms with Crippen LogP contribution < -0.4 is 5.73 Å². The minimum absolute atomic E-state index is 0.614. The number of benzene rings is 1. The molecule has 1 aromatic heterocycles. The summed E-state index contributed by atoms with van der Waals surface area (Å²) in [5, 5.41) is 1.22. The van der Waals surface area contributed by atoms with Gasteiger partial charge in [0, 0.05) is 24.2 Å². The lowest BCUT2D eigenvalue weighted by atomic mass is 9.83. The summed E-state index contributed by atoms with van der Waals surface area (Å²) in [7, 11) is 2.24. The van der Waals surface area contributed by atoms with Gasteiger partial charge in [-0.25, -0.2) is 0 Å². The first kappa shape index (κ1) is 14.5. The van der Waals surface area contributed by atoms with Crippen LogP contribution in [-0.4, -0.2) is 29.5 Å². The molecule has 1 heterocycles. The molecule has 0 saturated heterocycles. The second-order valence-corrected chi connectivity index (χ2v) is 6.25. The van der Waals surface area contributed by atoms with E-state index in [0.29, 0.717) is 12.0 Å². The van der Waals surface area contributed by atoms with Gasteiger partial charge in [0.2, 0.25) is 0 Å². The van der Waals surface area contributed by atoms with Crippen LogP contribution in [0.1, 0.15) is 31.2 Å². The highest BCUT2D eigenvalue weighted by atomic mass is 15.1. The fourth-order valence-electron chi connectivity index (χ4n) is 3.72. The third kappa shape index (κ3) is 3.09. The molecule has 112 valence electrons. The van der Waals surface area contributed by atoms with Crippen molar-refractivity contribution in [1.29, 1.82) is 0 Å². The lowest BCUT2D eigenvalue weighted by Gasteiger charge is -2.37. The molecule has 0 amide bonds. The first-order valence-electron chi connectivity index (χ1n) is 8.02. The van der Waals surface area contributed by atoms with Crippen molar-refractivity contribution in [2.24, 2.45) is 11.7 Å². The van der Waals surface area contributed by atoms with Crippen LogP contribution >= 0.6 is 0 Å². The number of nitrogens with zero attached hydrogens (tertiary/aromatic N) is 2. The van der Waals surface area contributed by atoms with Crippen LogP contribution in [0.5, 0.6) is 0 Å². The largest absolute Gasteiger partial charge is 0.330 e. The zero-order chi connectivity index (χ0) is 14.7. The van der Waals surface area contributed by atoms with Crippen LogP contribution in [0.15, 0.2) is 36.5 Å². The van der Waals surface area contributed by atoms with Crippen LogP contribution in [-0.2, 0) is 6.54 Å². The van der Waals surface area contributed by atoms with Crippen molar-refractivity contribution in [2.75, 3.05) is 13.6 Å². The Hall–Kier alpha value is -1.45. The number of aromatic nitrogens is 1. The molecule has 0 spiro atoms. The van der Waals surface area contributed by atoms with Crippen molar-refractivity contribution in [1.82, 2.24) is 9.88 Å². The maximum atomic E-state index is 5.98. The van der Waals surface area contributed by atoms with E-state index in [2.05, 4.69) is 41.2 Å². The molecule has 1 aliphatic rings. The van der Waals surface area contributed by atoms with E-state index in [9.17, 15) is 0 Å². The lowest BCUT2D eigenvalue weighted by molar-refractivity contribution is 0.128. The van der Waals surface area contributed by atoms with Crippen molar-refractivity contribution in [3.05, 3.63) is 42.1 Å². The van der Waals surface area contributed by atoms with Gasteiger partial charge < -0.3 is 5.73 Å². The molecule has 2 N–H and O–H groups in total. The van der Waals surface area contributed by atoms with Crippen LogP contribution in [0.4, 0.5) is 0 Å². The van der Waals surface area contributed by atoms with E-state index < -0.39 is 0 Å². The van der Waals surface area contributed by atoms with E-state index in [1.807, 2.05) is 12.3 Å². The second-order valence-electron chi connectivity index (χ2n) is 6.25. The predicted octanol–water partition coefficient (Wildman–Crippen LogP) is 3.18. The molecule has 0 aliphatic heterocycles. The fraction of sp³-hybridized carbons (Fsp3) is 0.500. The first-order chi connectivity index (χ1) is 10.3. The van der Waals surface area contributed by atoms with Crippen molar-refractivity contribution in [3.8, 4) is 0 Å². The SMILES string of the molecule is CN(Cc1cccc2cccnc12)C1CCCCC1CN. The number of fused-ring (bicyclic) bond motifs is 1. The maximum Gasteiger partial charge on any atom is 0.0746 e. The highest BCUT2D eigenvalue weighted by Crippen LogP contribution is 2.28. The Morgan fingerprint density at radius 2 is 2.00 bits per heavy atom. The van der Waals surface area contributed by atoms with Gasteiger partial charge in [0.1, 0.15) is 0 Å². The molecular weight excluding hydrogens is 258 g/mol. The van der Waals surface area contributed by atoms with E-state index in [0.717, 1.165) is 18.6 Å². The summed E-state index contributed by atoms with van der Waals surface area (Å²) in [5.41, 5.74) is 8.42. The summed E-state index contributed by atoms with van der Waals surface area (Å²) < 4.78 is 0. The molecule has 2 unspecified atom stereocenters.